The van der Waals surface area contributed by atoms with Gasteiger partial charge in [-0.2, -0.15) is 5.10 Å². The third-order valence-corrected chi connectivity index (χ3v) is 3.98. The molecule has 1 saturated heterocycles. The third-order valence-electron chi connectivity index (χ3n) is 3.78. The van der Waals surface area contributed by atoms with Gasteiger partial charge in [0.05, 0.1) is 18.5 Å². The minimum atomic E-state index is 0.432. The summed E-state index contributed by atoms with van der Waals surface area (Å²) in [7, 11) is 0. The van der Waals surface area contributed by atoms with Crippen molar-refractivity contribution in [2.75, 3.05) is 13.2 Å². The van der Waals surface area contributed by atoms with Gasteiger partial charge in [-0.3, -0.25) is 4.98 Å². The Morgan fingerprint density at radius 1 is 1.24 bits per heavy atom. The van der Waals surface area contributed by atoms with Gasteiger partial charge >= 0.3 is 0 Å². The molecule has 0 N–H and O–H groups in total. The van der Waals surface area contributed by atoms with Crippen molar-refractivity contribution in [3.05, 3.63) is 47.4 Å². The Hall–Kier alpha value is -1.98. The molecule has 1 atom stereocenters. The van der Waals surface area contributed by atoms with Gasteiger partial charge in [0.15, 0.2) is 5.65 Å². The van der Waals surface area contributed by atoms with Gasteiger partial charge in [0.1, 0.15) is 10.8 Å². The van der Waals surface area contributed by atoms with Crippen LogP contribution in [-0.2, 0) is 4.74 Å². The number of imidazole rings is 1. The Morgan fingerprint density at radius 3 is 3.05 bits per heavy atom. The number of ether oxygens (including phenoxy) is 1. The number of rotatable bonds is 2. The zero-order valence-electron chi connectivity index (χ0n) is 11.2. The van der Waals surface area contributed by atoms with Crippen LogP contribution in [0.15, 0.2) is 36.7 Å². The van der Waals surface area contributed by atoms with Crippen LogP contribution in [0.3, 0.4) is 0 Å². The second kappa shape index (κ2) is 5.09. The van der Waals surface area contributed by atoms with Crippen molar-refractivity contribution < 1.29 is 4.74 Å². The molecule has 5 nitrogen and oxygen atoms in total. The molecule has 106 valence electrons. The molecule has 6 heteroatoms. The Morgan fingerprint density at radius 2 is 2.19 bits per heavy atom. The fourth-order valence-corrected chi connectivity index (χ4v) is 2.80. The lowest BCUT2D eigenvalue weighted by molar-refractivity contribution is 0.194. The molecule has 1 fully saturated rings. The van der Waals surface area contributed by atoms with Gasteiger partial charge in [-0.15, -0.1) is 0 Å². The molecule has 0 saturated carbocycles. The highest BCUT2D eigenvalue weighted by Crippen LogP contribution is 2.28. The second-order valence-corrected chi connectivity index (χ2v) is 5.49. The average Bonchev–Trinajstić information content (AvgIpc) is 3.16. The van der Waals surface area contributed by atoms with Crippen molar-refractivity contribution in [3.8, 4) is 11.4 Å². The van der Waals surface area contributed by atoms with Crippen molar-refractivity contribution in [1.29, 1.82) is 0 Å². The zero-order valence-corrected chi connectivity index (χ0v) is 12.0. The predicted octanol–water partition coefficient (Wildman–Crippen LogP) is 2.95. The first-order valence-electron chi connectivity index (χ1n) is 6.85. The second-order valence-electron chi connectivity index (χ2n) is 5.10. The molecule has 3 aromatic rings. The van der Waals surface area contributed by atoms with E-state index >= 15 is 0 Å². The maximum atomic E-state index is 5.97. The van der Waals surface area contributed by atoms with Crippen molar-refractivity contribution in [2.45, 2.75) is 12.3 Å². The Balaban J connectivity index is 1.81. The summed E-state index contributed by atoms with van der Waals surface area (Å²) in [4.78, 5) is 8.79. The van der Waals surface area contributed by atoms with E-state index in [0.717, 1.165) is 36.7 Å². The van der Waals surface area contributed by atoms with Crippen LogP contribution in [0.25, 0.3) is 17.0 Å². The molecule has 4 heterocycles. The van der Waals surface area contributed by atoms with E-state index in [4.69, 9.17) is 16.3 Å². The van der Waals surface area contributed by atoms with Gasteiger partial charge in [0.25, 0.3) is 0 Å². The minimum Gasteiger partial charge on any atom is -0.381 e. The minimum absolute atomic E-state index is 0.432. The summed E-state index contributed by atoms with van der Waals surface area (Å²) >= 11 is 5.97. The lowest BCUT2D eigenvalue weighted by Gasteiger charge is -2.09. The molecule has 0 bridgehead atoms. The van der Waals surface area contributed by atoms with E-state index in [1.165, 1.54) is 5.56 Å². The zero-order chi connectivity index (χ0) is 14.2. The van der Waals surface area contributed by atoms with Gasteiger partial charge in [-0.1, -0.05) is 11.6 Å². The van der Waals surface area contributed by atoms with Crippen LogP contribution in [0, 0.1) is 0 Å². The summed E-state index contributed by atoms with van der Waals surface area (Å²) < 4.78 is 7.18. The number of nitrogens with zero attached hydrogens (tertiary/aromatic N) is 4. The lowest BCUT2D eigenvalue weighted by atomic mass is 9.98. The molecule has 0 unspecified atom stereocenters. The van der Waals surface area contributed by atoms with Crippen molar-refractivity contribution in [1.82, 2.24) is 19.6 Å². The van der Waals surface area contributed by atoms with Crippen molar-refractivity contribution >= 4 is 17.2 Å². The van der Waals surface area contributed by atoms with Crippen LogP contribution in [0.2, 0.25) is 5.15 Å². The molecule has 4 rings (SSSR count). The Bertz CT molecular complexity index is 795. The van der Waals surface area contributed by atoms with E-state index in [1.807, 2.05) is 18.3 Å². The standard InChI is InChI=1S/C15H13ClN4O/c16-14-1-2-15-18-8-13(20(15)19-14)12-7-10(3-5-17-12)11-4-6-21-9-11/h1-3,5,7-8,11H,4,6,9H2/t11-/m0/s1. The summed E-state index contributed by atoms with van der Waals surface area (Å²) in [6.45, 7) is 1.61. The van der Waals surface area contributed by atoms with E-state index in [2.05, 4.69) is 21.1 Å². The number of hydrogen-bond acceptors (Lipinski definition) is 4. The fraction of sp³-hybridized carbons (Fsp3) is 0.267. The molecule has 3 aromatic heterocycles. The highest BCUT2D eigenvalue weighted by molar-refractivity contribution is 6.29. The molecule has 0 spiro atoms. The van der Waals surface area contributed by atoms with Crippen LogP contribution in [0.5, 0.6) is 0 Å². The smallest absolute Gasteiger partial charge is 0.154 e. The van der Waals surface area contributed by atoms with Gasteiger partial charge < -0.3 is 4.74 Å². The largest absolute Gasteiger partial charge is 0.381 e. The Labute approximate surface area is 126 Å². The number of aromatic nitrogens is 4. The number of fused-ring (bicyclic) bond motifs is 1. The first-order valence-corrected chi connectivity index (χ1v) is 7.23. The predicted molar refractivity (Wildman–Crippen MR) is 79.4 cm³/mol. The molecule has 1 aliphatic rings. The quantitative estimate of drug-likeness (QED) is 0.730. The van der Waals surface area contributed by atoms with Crippen LogP contribution in [0.4, 0.5) is 0 Å². The molecule has 0 aliphatic carbocycles. The summed E-state index contributed by atoms with van der Waals surface area (Å²) in [5.74, 6) is 0.447. The monoisotopic (exact) mass is 300 g/mol. The highest BCUT2D eigenvalue weighted by Gasteiger charge is 2.19. The maximum absolute atomic E-state index is 5.97. The fourth-order valence-electron chi connectivity index (χ4n) is 2.66. The van der Waals surface area contributed by atoms with E-state index in [-0.39, 0.29) is 0 Å². The van der Waals surface area contributed by atoms with Crippen LogP contribution < -0.4 is 0 Å². The topological polar surface area (TPSA) is 52.3 Å². The van der Waals surface area contributed by atoms with Crippen molar-refractivity contribution in [3.63, 3.8) is 0 Å². The number of halogens is 1. The van der Waals surface area contributed by atoms with Gasteiger partial charge in [0, 0.05) is 18.7 Å². The first-order chi connectivity index (χ1) is 10.3. The molecular weight excluding hydrogens is 288 g/mol. The van der Waals surface area contributed by atoms with Crippen LogP contribution in [0.1, 0.15) is 17.9 Å². The molecule has 0 radical (unpaired) electrons. The number of hydrogen-bond donors (Lipinski definition) is 0. The van der Waals surface area contributed by atoms with Crippen molar-refractivity contribution in [2.24, 2.45) is 0 Å². The first kappa shape index (κ1) is 12.7. The maximum Gasteiger partial charge on any atom is 0.154 e. The highest BCUT2D eigenvalue weighted by atomic mass is 35.5. The van der Waals surface area contributed by atoms with Gasteiger partial charge in [0.2, 0.25) is 0 Å². The van der Waals surface area contributed by atoms with Gasteiger partial charge in [-0.25, -0.2) is 9.50 Å². The molecular formula is C15H13ClN4O. The third kappa shape index (κ3) is 2.28. The van der Waals surface area contributed by atoms with E-state index < -0.39 is 0 Å². The summed E-state index contributed by atoms with van der Waals surface area (Å²) in [6.07, 6.45) is 4.66. The summed E-state index contributed by atoms with van der Waals surface area (Å²) in [5, 5.41) is 4.73. The molecule has 0 amide bonds. The summed E-state index contributed by atoms with van der Waals surface area (Å²) in [6, 6.07) is 7.71. The van der Waals surface area contributed by atoms with Gasteiger partial charge in [-0.05, 0) is 36.2 Å². The normalized spacial score (nSPS) is 18.4. The van der Waals surface area contributed by atoms with E-state index in [0.29, 0.717) is 11.1 Å². The van der Waals surface area contributed by atoms with Crippen LogP contribution >= 0.6 is 11.6 Å². The van der Waals surface area contributed by atoms with E-state index in [1.54, 1.807) is 16.8 Å². The Kier molecular flexibility index (Phi) is 3.09. The SMILES string of the molecule is Clc1ccc2ncc(-c3cc([C@H]4CCOC4)ccn3)n2n1. The van der Waals surface area contributed by atoms with Crippen LogP contribution in [-0.4, -0.2) is 32.8 Å². The molecule has 1 aliphatic heterocycles. The number of pyridine rings is 1. The molecule has 21 heavy (non-hydrogen) atoms. The molecule has 0 aromatic carbocycles. The van der Waals surface area contributed by atoms with E-state index in [9.17, 15) is 0 Å². The summed E-state index contributed by atoms with van der Waals surface area (Å²) in [5.41, 5.74) is 3.69. The average molecular weight is 301 g/mol. The lowest BCUT2D eigenvalue weighted by Crippen LogP contribution is -2.00.